The lowest BCUT2D eigenvalue weighted by Crippen LogP contribution is -2.23. The van der Waals surface area contributed by atoms with E-state index in [-0.39, 0.29) is 0 Å². The molecule has 1 saturated carbocycles. The lowest BCUT2D eigenvalue weighted by atomic mass is 9.89. The van der Waals surface area contributed by atoms with Gasteiger partial charge in [0.15, 0.2) is 0 Å². The van der Waals surface area contributed by atoms with Gasteiger partial charge in [0.05, 0.1) is 0 Å². The van der Waals surface area contributed by atoms with Crippen LogP contribution < -0.4 is 10.1 Å². The molecule has 1 aliphatic carbocycles. The average Bonchev–Trinajstić information content (AvgIpc) is 2.48. The Morgan fingerprint density at radius 1 is 1.19 bits per heavy atom. The van der Waals surface area contributed by atoms with Crippen LogP contribution in [0.5, 0.6) is 5.88 Å². The van der Waals surface area contributed by atoms with Crippen molar-refractivity contribution < 1.29 is 4.74 Å². The normalized spacial score (nSPS) is 22.2. The molecule has 0 aromatic carbocycles. The molecule has 1 aromatic heterocycles. The minimum atomic E-state index is 0.359. The van der Waals surface area contributed by atoms with Gasteiger partial charge in [-0.3, -0.25) is 0 Å². The molecule has 3 nitrogen and oxygen atoms in total. The van der Waals surface area contributed by atoms with Crippen molar-refractivity contribution in [2.24, 2.45) is 5.92 Å². The first-order chi connectivity index (χ1) is 10.2. The van der Waals surface area contributed by atoms with Crippen molar-refractivity contribution in [3.63, 3.8) is 0 Å². The third kappa shape index (κ3) is 5.31. The number of nitrogens with zero attached hydrogens (tertiary/aromatic N) is 1. The van der Waals surface area contributed by atoms with Crippen LogP contribution in [0.1, 0.15) is 64.1 Å². The second kappa shape index (κ2) is 8.38. The van der Waals surface area contributed by atoms with Gasteiger partial charge in [0.2, 0.25) is 5.88 Å². The fraction of sp³-hybridized carbons (Fsp3) is 0.722. The maximum absolute atomic E-state index is 6.17. The van der Waals surface area contributed by atoms with Crippen LogP contribution in [0.25, 0.3) is 0 Å². The van der Waals surface area contributed by atoms with Crippen molar-refractivity contribution in [1.29, 1.82) is 0 Å². The first kappa shape index (κ1) is 16.3. The summed E-state index contributed by atoms with van der Waals surface area (Å²) in [5.41, 5.74) is 2.45. The first-order valence-corrected chi connectivity index (χ1v) is 8.58. The molecular formula is C18H30N2O. The highest BCUT2D eigenvalue weighted by Crippen LogP contribution is 2.27. The summed E-state index contributed by atoms with van der Waals surface area (Å²) in [6, 6.07) is 4.32. The van der Waals surface area contributed by atoms with Crippen molar-refractivity contribution in [2.75, 3.05) is 6.54 Å². The van der Waals surface area contributed by atoms with Crippen molar-refractivity contribution in [2.45, 2.75) is 71.9 Å². The van der Waals surface area contributed by atoms with E-state index in [1.165, 1.54) is 31.2 Å². The average molecular weight is 290 g/mol. The monoisotopic (exact) mass is 290 g/mol. The molecule has 3 heteroatoms. The number of ether oxygens (including phenoxy) is 1. The summed E-state index contributed by atoms with van der Waals surface area (Å²) < 4.78 is 6.17. The van der Waals surface area contributed by atoms with Gasteiger partial charge in [0.25, 0.3) is 0 Å². The van der Waals surface area contributed by atoms with Crippen molar-refractivity contribution in [3.8, 4) is 5.88 Å². The maximum Gasteiger partial charge on any atom is 0.214 e. The minimum absolute atomic E-state index is 0.359. The number of rotatable bonds is 7. The standard InChI is InChI=1S/C18H30N2O/c1-4-6-16-11-15(13-19-5-2)12-18(20-16)21-17-9-7-14(3)8-10-17/h11-12,14,17,19H,4-10,13H2,1-3H3. The van der Waals surface area contributed by atoms with Crippen LogP contribution in [0.3, 0.4) is 0 Å². The van der Waals surface area contributed by atoms with Gasteiger partial charge >= 0.3 is 0 Å². The SMILES string of the molecule is CCCc1cc(CNCC)cc(OC2CCC(C)CC2)n1. The van der Waals surface area contributed by atoms with Gasteiger partial charge in [-0.05, 0) is 56.2 Å². The number of pyridine rings is 1. The summed E-state index contributed by atoms with van der Waals surface area (Å²) in [5.74, 6) is 1.68. The molecule has 118 valence electrons. The highest BCUT2D eigenvalue weighted by molar-refractivity contribution is 5.25. The molecule has 0 aliphatic heterocycles. The molecule has 1 fully saturated rings. The number of aromatic nitrogens is 1. The number of hydrogen-bond donors (Lipinski definition) is 1. The highest BCUT2D eigenvalue weighted by Gasteiger charge is 2.20. The van der Waals surface area contributed by atoms with E-state index in [1.54, 1.807) is 0 Å². The summed E-state index contributed by atoms with van der Waals surface area (Å²) in [5, 5.41) is 3.39. The molecule has 0 atom stereocenters. The summed E-state index contributed by atoms with van der Waals surface area (Å²) >= 11 is 0. The summed E-state index contributed by atoms with van der Waals surface area (Å²) in [4.78, 5) is 4.69. The zero-order valence-electron chi connectivity index (χ0n) is 13.8. The molecule has 0 bridgehead atoms. The Kier molecular flexibility index (Phi) is 6.50. The minimum Gasteiger partial charge on any atom is -0.474 e. The molecule has 0 radical (unpaired) electrons. The predicted molar refractivity (Wildman–Crippen MR) is 87.7 cm³/mol. The first-order valence-electron chi connectivity index (χ1n) is 8.58. The van der Waals surface area contributed by atoms with Crippen molar-refractivity contribution in [1.82, 2.24) is 10.3 Å². The smallest absolute Gasteiger partial charge is 0.214 e. The van der Waals surface area contributed by atoms with Gasteiger partial charge in [0.1, 0.15) is 6.10 Å². The van der Waals surface area contributed by atoms with E-state index in [0.29, 0.717) is 6.10 Å². The lowest BCUT2D eigenvalue weighted by molar-refractivity contribution is 0.129. The van der Waals surface area contributed by atoms with Crippen LogP contribution in [-0.2, 0) is 13.0 Å². The summed E-state index contributed by atoms with van der Waals surface area (Å²) in [6.45, 7) is 8.55. The Morgan fingerprint density at radius 2 is 1.95 bits per heavy atom. The van der Waals surface area contributed by atoms with Gasteiger partial charge in [-0.15, -0.1) is 0 Å². The molecule has 0 unspecified atom stereocenters. The Bertz CT molecular complexity index is 425. The van der Waals surface area contributed by atoms with E-state index < -0.39 is 0 Å². The maximum atomic E-state index is 6.17. The molecule has 0 spiro atoms. The van der Waals surface area contributed by atoms with Crippen molar-refractivity contribution >= 4 is 0 Å². The zero-order chi connectivity index (χ0) is 15.1. The molecule has 1 heterocycles. The largest absolute Gasteiger partial charge is 0.474 e. The fourth-order valence-electron chi connectivity index (χ4n) is 2.95. The zero-order valence-corrected chi connectivity index (χ0v) is 13.8. The molecule has 1 aliphatic rings. The molecule has 0 saturated heterocycles. The van der Waals surface area contributed by atoms with E-state index in [4.69, 9.17) is 9.72 Å². The van der Waals surface area contributed by atoms with Crippen LogP contribution in [0.2, 0.25) is 0 Å². The van der Waals surface area contributed by atoms with E-state index >= 15 is 0 Å². The molecular weight excluding hydrogens is 260 g/mol. The second-order valence-electron chi connectivity index (χ2n) is 6.34. The number of nitrogens with one attached hydrogen (secondary N) is 1. The van der Waals surface area contributed by atoms with E-state index in [9.17, 15) is 0 Å². The highest BCUT2D eigenvalue weighted by atomic mass is 16.5. The van der Waals surface area contributed by atoms with Gasteiger partial charge in [-0.25, -0.2) is 4.98 Å². The van der Waals surface area contributed by atoms with Gasteiger partial charge in [-0.2, -0.15) is 0 Å². The second-order valence-corrected chi connectivity index (χ2v) is 6.34. The van der Waals surface area contributed by atoms with E-state index in [0.717, 1.165) is 43.4 Å². The third-order valence-corrected chi connectivity index (χ3v) is 4.25. The molecule has 0 amide bonds. The van der Waals surface area contributed by atoms with Gasteiger partial charge in [0, 0.05) is 18.3 Å². The van der Waals surface area contributed by atoms with E-state index in [2.05, 4.69) is 38.2 Å². The van der Waals surface area contributed by atoms with Crippen LogP contribution in [0.15, 0.2) is 12.1 Å². The van der Waals surface area contributed by atoms with Crippen LogP contribution in [0, 0.1) is 5.92 Å². The Balaban J connectivity index is 2.03. The van der Waals surface area contributed by atoms with E-state index in [1.807, 2.05) is 0 Å². The Labute approximate surface area is 129 Å². The molecule has 2 rings (SSSR count). The number of hydrogen-bond acceptors (Lipinski definition) is 3. The van der Waals surface area contributed by atoms with Gasteiger partial charge < -0.3 is 10.1 Å². The third-order valence-electron chi connectivity index (χ3n) is 4.25. The summed E-state index contributed by atoms with van der Waals surface area (Å²) in [7, 11) is 0. The Hall–Kier alpha value is -1.09. The molecule has 21 heavy (non-hydrogen) atoms. The summed E-state index contributed by atoms with van der Waals surface area (Å²) in [6.07, 6.45) is 7.41. The number of aryl methyl sites for hydroxylation is 1. The predicted octanol–water partition coefficient (Wildman–Crippen LogP) is 4.10. The van der Waals surface area contributed by atoms with Crippen LogP contribution in [0.4, 0.5) is 0 Å². The quantitative estimate of drug-likeness (QED) is 0.821. The fourth-order valence-corrected chi connectivity index (χ4v) is 2.95. The van der Waals surface area contributed by atoms with Crippen molar-refractivity contribution in [3.05, 3.63) is 23.4 Å². The van der Waals surface area contributed by atoms with Crippen LogP contribution >= 0.6 is 0 Å². The molecule has 1 N–H and O–H groups in total. The lowest BCUT2D eigenvalue weighted by Gasteiger charge is -2.26. The van der Waals surface area contributed by atoms with Gasteiger partial charge in [-0.1, -0.05) is 27.2 Å². The molecule has 1 aromatic rings. The van der Waals surface area contributed by atoms with Crippen LogP contribution in [-0.4, -0.2) is 17.6 Å². The topological polar surface area (TPSA) is 34.1 Å². The Morgan fingerprint density at radius 3 is 2.62 bits per heavy atom.